The molecule has 0 bridgehead atoms. The molecule has 0 aromatic heterocycles. The lowest BCUT2D eigenvalue weighted by Gasteiger charge is -2.28. The van der Waals surface area contributed by atoms with Crippen LogP contribution in [0.1, 0.15) is 25.3 Å². The van der Waals surface area contributed by atoms with Gasteiger partial charge in [-0.05, 0) is 37.4 Å². The molecule has 0 saturated carbocycles. The van der Waals surface area contributed by atoms with Gasteiger partial charge in [-0.1, -0.05) is 42.3 Å². The van der Waals surface area contributed by atoms with Crippen LogP contribution in [0.15, 0.2) is 18.2 Å². The minimum absolute atomic E-state index is 0.156. The Balaban J connectivity index is 2.09. The van der Waals surface area contributed by atoms with Crippen molar-refractivity contribution < 1.29 is 4.74 Å². The van der Waals surface area contributed by atoms with Gasteiger partial charge in [-0.2, -0.15) is 0 Å². The summed E-state index contributed by atoms with van der Waals surface area (Å²) >= 11 is 12.4. The highest BCUT2D eigenvalue weighted by Gasteiger charge is 2.35. The topological polar surface area (TPSA) is 21.3 Å². The van der Waals surface area contributed by atoms with Gasteiger partial charge >= 0.3 is 0 Å². The molecule has 0 spiro atoms. The van der Waals surface area contributed by atoms with Crippen LogP contribution >= 0.6 is 23.2 Å². The summed E-state index contributed by atoms with van der Waals surface area (Å²) in [7, 11) is 0. The molecule has 19 heavy (non-hydrogen) atoms. The molecule has 0 aliphatic carbocycles. The molecule has 106 valence electrons. The van der Waals surface area contributed by atoms with Crippen molar-refractivity contribution in [1.29, 1.82) is 0 Å². The molecule has 1 aliphatic heterocycles. The molecule has 0 amide bonds. The maximum absolute atomic E-state index is 6.30. The van der Waals surface area contributed by atoms with Crippen molar-refractivity contribution >= 4 is 23.2 Å². The lowest BCUT2D eigenvalue weighted by molar-refractivity contribution is 0.149. The standard InChI is InChI=1S/C15H21Cl2NO/c1-2-7-18-10-15(6-8-19-11-15)9-12-4-3-5-13(16)14(12)17/h3-5,18H,2,6-11H2,1H3. The fourth-order valence-electron chi connectivity index (χ4n) is 2.61. The van der Waals surface area contributed by atoms with Gasteiger partial charge in [0.25, 0.3) is 0 Å². The summed E-state index contributed by atoms with van der Waals surface area (Å²) < 4.78 is 5.62. The lowest BCUT2D eigenvalue weighted by Crippen LogP contribution is -2.37. The highest BCUT2D eigenvalue weighted by Crippen LogP contribution is 2.36. The first-order valence-corrected chi connectivity index (χ1v) is 7.64. The third-order valence-electron chi connectivity index (χ3n) is 3.71. The Kier molecular flexibility index (Phi) is 5.52. The first-order valence-electron chi connectivity index (χ1n) is 6.88. The van der Waals surface area contributed by atoms with E-state index in [1.165, 1.54) is 0 Å². The van der Waals surface area contributed by atoms with Crippen LogP contribution in [0.25, 0.3) is 0 Å². The van der Waals surface area contributed by atoms with E-state index < -0.39 is 0 Å². The van der Waals surface area contributed by atoms with Gasteiger partial charge in [0.05, 0.1) is 16.7 Å². The first-order chi connectivity index (χ1) is 9.17. The molecule has 1 N–H and O–H groups in total. The van der Waals surface area contributed by atoms with Crippen LogP contribution in [0.2, 0.25) is 10.0 Å². The minimum atomic E-state index is 0.156. The Morgan fingerprint density at radius 2 is 2.21 bits per heavy atom. The Bertz CT molecular complexity index is 417. The molecule has 4 heteroatoms. The number of ether oxygens (including phenoxy) is 1. The van der Waals surface area contributed by atoms with Crippen LogP contribution in [-0.2, 0) is 11.2 Å². The monoisotopic (exact) mass is 301 g/mol. The maximum atomic E-state index is 6.30. The van der Waals surface area contributed by atoms with Gasteiger partial charge in [0.15, 0.2) is 0 Å². The average molecular weight is 302 g/mol. The molecule has 2 rings (SSSR count). The van der Waals surface area contributed by atoms with E-state index >= 15 is 0 Å². The van der Waals surface area contributed by atoms with Crippen LogP contribution in [0.4, 0.5) is 0 Å². The third-order valence-corrected chi connectivity index (χ3v) is 4.57. The number of nitrogens with one attached hydrogen (secondary N) is 1. The first kappa shape index (κ1) is 15.1. The second-order valence-electron chi connectivity index (χ2n) is 5.37. The summed E-state index contributed by atoms with van der Waals surface area (Å²) in [6.45, 7) is 5.84. The molecule has 1 heterocycles. The molecule has 1 aromatic rings. The summed E-state index contributed by atoms with van der Waals surface area (Å²) in [6.07, 6.45) is 3.14. The molecular formula is C15H21Cl2NO. The van der Waals surface area contributed by atoms with Crippen molar-refractivity contribution in [2.45, 2.75) is 26.2 Å². The summed E-state index contributed by atoms with van der Waals surface area (Å²) in [6, 6.07) is 5.86. The molecule has 1 saturated heterocycles. The van der Waals surface area contributed by atoms with Crippen LogP contribution in [0, 0.1) is 5.41 Å². The van der Waals surface area contributed by atoms with Crippen molar-refractivity contribution in [3.05, 3.63) is 33.8 Å². The van der Waals surface area contributed by atoms with E-state index in [0.717, 1.165) is 51.1 Å². The fourth-order valence-corrected chi connectivity index (χ4v) is 3.00. The van der Waals surface area contributed by atoms with Gasteiger partial charge < -0.3 is 10.1 Å². The Hall–Kier alpha value is -0.280. The van der Waals surface area contributed by atoms with Crippen molar-refractivity contribution in [3.63, 3.8) is 0 Å². The number of rotatable bonds is 6. The number of halogens is 2. The number of hydrogen-bond donors (Lipinski definition) is 1. The van der Waals surface area contributed by atoms with E-state index in [1.54, 1.807) is 0 Å². The molecule has 1 fully saturated rings. The zero-order valence-electron chi connectivity index (χ0n) is 11.3. The third kappa shape index (κ3) is 3.85. The Labute approximate surface area is 125 Å². The average Bonchev–Trinajstić information content (AvgIpc) is 2.84. The molecule has 1 aliphatic rings. The molecule has 1 unspecified atom stereocenters. The quantitative estimate of drug-likeness (QED) is 0.804. The van der Waals surface area contributed by atoms with Gasteiger partial charge in [0.2, 0.25) is 0 Å². The van der Waals surface area contributed by atoms with Gasteiger partial charge in [-0.25, -0.2) is 0 Å². The van der Waals surface area contributed by atoms with E-state index in [4.69, 9.17) is 27.9 Å². The van der Waals surface area contributed by atoms with E-state index in [2.05, 4.69) is 18.3 Å². The van der Waals surface area contributed by atoms with E-state index in [-0.39, 0.29) is 5.41 Å². The highest BCUT2D eigenvalue weighted by atomic mass is 35.5. The van der Waals surface area contributed by atoms with Gasteiger partial charge in [0, 0.05) is 18.6 Å². The number of benzene rings is 1. The van der Waals surface area contributed by atoms with Gasteiger partial charge in [0.1, 0.15) is 0 Å². The van der Waals surface area contributed by atoms with Crippen LogP contribution in [0.3, 0.4) is 0 Å². The number of hydrogen-bond acceptors (Lipinski definition) is 2. The predicted molar refractivity (Wildman–Crippen MR) is 81.2 cm³/mol. The highest BCUT2D eigenvalue weighted by molar-refractivity contribution is 6.42. The van der Waals surface area contributed by atoms with Crippen molar-refractivity contribution in [2.75, 3.05) is 26.3 Å². The Morgan fingerprint density at radius 3 is 2.89 bits per heavy atom. The van der Waals surface area contributed by atoms with Crippen molar-refractivity contribution in [1.82, 2.24) is 5.32 Å². The summed E-state index contributed by atoms with van der Waals surface area (Å²) in [4.78, 5) is 0. The van der Waals surface area contributed by atoms with Crippen LogP contribution in [0.5, 0.6) is 0 Å². The maximum Gasteiger partial charge on any atom is 0.0624 e. The zero-order valence-corrected chi connectivity index (χ0v) is 12.9. The molecular weight excluding hydrogens is 281 g/mol. The summed E-state index contributed by atoms with van der Waals surface area (Å²) in [5.74, 6) is 0. The van der Waals surface area contributed by atoms with E-state index in [1.807, 2.05) is 12.1 Å². The largest absolute Gasteiger partial charge is 0.381 e. The van der Waals surface area contributed by atoms with E-state index in [9.17, 15) is 0 Å². The van der Waals surface area contributed by atoms with Crippen molar-refractivity contribution in [3.8, 4) is 0 Å². The van der Waals surface area contributed by atoms with Gasteiger partial charge in [-0.3, -0.25) is 0 Å². The molecule has 0 radical (unpaired) electrons. The molecule has 2 nitrogen and oxygen atoms in total. The summed E-state index contributed by atoms with van der Waals surface area (Å²) in [5.41, 5.74) is 1.28. The van der Waals surface area contributed by atoms with Crippen molar-refractivity contribution in [2.24, 2.45) is 5.41 Å². The second kappa shape index (κ2) is 6.94. The summed E-state index contributed by atoms with van der Waals surface area (Å²) in [5, 5.41) is 4.84. The van der Waals surface area contributed by atoms with E-state index in [0.29, 0.717) is 10.0 Å². The molecule has 1 atom stereocenters. The minimum Gasteiger partial charge on any atom is -0.381 e. The zero-order chi connectivity index (χ0) is 13.7. The Morgan fingerprint density at radius 1 is 1.37 bits per heavy atom. The van der Waals surface area contributed by atoms with Gasteiger partial charge in [-0.15, -0.1) is 0 Å². The fraction of sp³-hybridized carbons (Fsp3) is 0.600. The second-order valence-corrected chi connectivity index (χ2v) is 6.15. The van der Waals surface area contributed by atoms with Crippen LogP contribution in [-0.4, -0.2) is 26.3 Å². The van der Waals surface area contributed by atoms with Crippen LogP contribution < -0.4 is 5.32 Å². The SMILES string of the molecule is CCCNCC1(Cc2cccc(Cl)c2Cl)CCOC1. The lowest BCUT2D eigenvalue weighted by atomic mass is 9.81. The molecule has 1 aromatic carbocycles. The normalized spacial score (nSPS) is 22.9. The predicted octanol–water partition coefficient (Wildman–Crippen LogP) is 3.94. The smallest absolute Gasteiger partial charge is 0.0624 e.